The van der Waals surface area contributed by atoms with Gasteiger partial charge in [-0.2, -0.15) is 0 Å². The fraction of sp³-hybridized carbons (Fsp3) is 0.455. The van der Waals surface area contributed by atoms with Crippen LogP contribution in [0.15, 0.2) is 16.6 Å². The molecule has 0 saturated carbocycles. The predicted molar refractivity (Wildman–Crippen MR) is 61.0 cm³/mol. The summed E-state index contributed by atoms with van der Waals surface area (Å²) in [5.74, 6) is 0. The average molecular weight is 242 g/mol. The minimum atomic E-state index is 0.769. The number of benzene rings is 1. The summed E-state index contributed by atoms with van der Waals surface area (Å²) in [6.45, 7) is 5.08. The molecule has 0 heterocycles. The van der Waals surface area contributed by atoms with Crippen LogP contribution in [0.2, 0.25) is 0 Å². The van der Waals surface area contributed by atoms with E-state index >= 15 is 0 Å². The first kappa shape index (κ1) is 10.7. The second kappa shape index (κ2) is 4.77. The lowest BCUT2D eigenvalue weighted by molar-refractivity contribution is 0.822. The SMILES string of the molecule is Cc1ccc(Br)c(C)c1CCCN. The lowest BCUT2D eigenvalue weighted by atomic mass is 9.99. The van der Waals surface area contributed by atoms with Crippen molar-refractivity contribution in [3.63, 3.8) is 0 Å². The van der Waals surface area contributed by atoms with Gasteiger partial charge in [0.25, 0.3) is 0 Å². The van der Waals surface area contributed by atoms with Gasteiger partial charge >= 0.3 is 0 Å². The molecule has 0 aliphatic heterocycles. The van der Waals surface area contributed by atoms with Crippen LogP contribution in [0.3, 0.4) is 0 Å². The lowest BCUT2D eigenvalue weighted by Gasteiger charge is -2.10. The minimum absolute atomic E-state index is 0.769. The summed E-state index contributed by atoms with van der Waals surface area (Å²) in [4.78, 5) is 0. The summed E-state index contributed by atoms with van der Waals surface area (Å²) in [7, 11) is 0. The quantitative estimate of drug-likeness (QED) is 0.866. The molecule has 1 rings (SSSR count). The molecule has 1 nitrogen and oxygen atoms in total. The molecule has 0 radical (unpaired) electrons. The molecule has 72 valence electrons. The minimum Gasteiger partial charge on any atom is -0.330 e. The highest BCUT2D eigenvalue weighted by atomic mass is 79.9. The molecule has 2 N–H and O–H groups in total. The Morgan fingerprint density at radius 3 is 2.62 bits per heavy atom. The van der Waals surface area contributed by atoms with Crippen LogP contribution in [0.25, 0.3) is 0 Å². The molecule has 0 spiro atoms. The zero-order valence-electron chi connectivity index (χ0n) is 8.23. The third-order valence-corrected chi connectivity index (χ3v) is 3.26. The summed E-state index contributed by atoms with van der Waals surface area (Å²) in [6.07, 6.45) is 2.16. The van der Waals surface area contributed by atoms with E-state index in [-0.39, 0.29) is 0 Å². The van der Waals surface area contributed by atoms with Crippen molar-refractivity contribution in [1.29, 1.82) is 0 Å². The van der Waals surface area contributed by atoms with Gasteiger partial charge in [0.05, 0.1) is 0 Å². The van der Waals surface area contributed by atoms with E-state index in [4.69, 9.17) is 5.73 Å². The third kappa shape index (κ3) is 2.55. The highest BCUT2D eigenvalue weighted by Crippen LogP contribution is 2.23. The normalized spacial score (nSPS) is 10.5. The molecule has 0 aliphatic rings. The topological polar surface area (TPSA) is 26.0 Å². The van der Waals surface area contributed by atoms with E-state index in [0.717, 1.165) is 19.4 Å². The Morgan fingerprint density at radius 2 is 2.00 bits per heavy atom. The average Bonchev–Trinajstić information content (AvgIpc) is 2.12. The summed E-state index contributed by atoms with van der Waals surface area (Å²) in [6, 6.07) is 4.26. The van der Waals surface area contributed by atoms with Crippen LogP contribution in [0, 0.1) is 13.8 Å². The van der Waals surface area contributed by atoms with E-state index in [1.165, 1.54) is 21.2 Å². The van der Waals surface area contributed by atoms with Gasteiger partial charge in [-0.25, -0.2) is 0 Å². The number of hydrogen-bond donors (Lipinski definition) is 1. The van der Waals surface area contributed by atoms with Gasteiger partial charge in [0.2, 0.25) is 0 Å². The molecule has 0 saturated heterocycles. The van der Waals surface area contributed by atoms with Crippen LogP contribution in [0.1, 0.15) is 23.1 Å². The van der Waals surface area contributed by atoms with Gasteiger partial charge in [0, 0.05) is 4.47 Å². The summed E-state index contributed by atoms with van der Waals surface area (Å²) in [5.41, 5.74) is 9.67. The third-order valence-electron chi connectivity index (χ3n) is 2.40. The van der Waals surface area contributed by atoms with Gasteiger partial charge < -0.3 is 5.73 Å². The van der Waals surface area contributed by atoms with E-state index in [2.05, 4.69) is 41.9 Å². The number of halogens is 1. The van der Waals surface area contributed by atoms with Gasteiger partial charge in [-0.05, 0) is 56.0 Å². The van der Waals surface area contributed by atoms with Crippen LogP contribution < -0.4 is 5.73 Å². The Bertz CT molecular complexity index is 294. The van der Waals surface area contributed by atoms with Crippen molar-refractivity contribution in [3.8, 4) is 0 Å². The fourth-order valence-electron chi connectivity index (χ4n) is 1.53. The highest BCUT2D eigenvalue weighted by Gasteiger charge is 2.04. The summed E-state index contributed by atoms with van der Waals surface area (Å²) in [5, 5.41) is 0. The van der Waals surface area contributed by atoms with Gasteiger partial charge in [0.15, 0.2) is 0 Å². The second-order valence-electron chi connectivity index (χ2n) is 3.36. The molecule has 0 aliphatic carbocycles. The Balaban J connectivity index is 2.96. The summed E-state index contributed by atoms with van der Waals surface area (Å²) < 4.78 is 1.20. The monoisotopic (exact) mass is 241 g/mol. The maximum Gasteiger partial charge on any atom is 0.0207 e. The second-order valence-corrected chi connectivity index (χ2v) is 4.21. The van der Waals surface area contributed by atoms with Crippen LogP contribution in [-0.4, -0.2) is 6.54 Å². The molecular formula is C11H16BrN. The molecule has 0 fully saturated rings. The molecule has 13 heavy (non-hydrogen) atoms. The zero-order valence-corrected chi connectivity index (χ0v) is 9.82. The van der Waals surface area contributed by atoms with Crippen LogP contribution >= 0.6 is 15.9 Å². The number of hydrogen-bond acceptors (Lipinski definition) is 1. The Kier molecular flexibility index (Phi) is 3.94. The largest absolute Gasteiger partial charge is 0.330 e. The van der Waals surface area contributed by atoms with Crippen molar-refractivity contribution in [2.24, 2.45) is 5.73 Å². The van der Waals surface area contributed by atoms with Gasteiger partial charge in [-0.3, -0.25) is 0 Å². The Labute approximate surface area is 88.5 Å². The molecule has 0 aromatic heterocycles. The lowest BCUT2D eigenvalue weighted by Crippen LogP contribution is -2.03. The summed E-state index contributed by atoms with van der Waals surface area (Å²) >= 11 is 3.54. The van der Waals surface area contributed by atoms with E-state index in [0.29, 0.717) is 0 Å². The van der Waals surface area contributed by atoms with Crippen molar-refractivity contribution >= 4 is 15.9 Å². The molecule has 0 atom stereocenters. The fourth-order valence-corrected chi connectivity index (χ4v) is 1.90. The number of rotatable bonds is 3. The van der Waals surface area contributed by atoms with E-state index in [1.54, 1.807) is 0 Å². The zero-order chi connectivity index (χ0) is 9.84. The molecule has 0 amide bonds. The molecule has 2 heteroatoms. The van der Waals surface area contributed by atoms with Crippen molar-refractivity contribution < 1.29 is 0 Å². The molecule has 0 bridgehead atoms. The van der Waals surface area contributed by atoms with Crippen molar-refractivity contribution in [2.75, 3.05) is 6.54 Å². The molecule has 0 unspecified atom stereocenters. The molecule has 1 aromatic rings. The van der Waals surface area contributed by atoms with Gasteiger partial charge in [-0.15, -0.1) is 0 Å². The number of aryl methyl sites for hydroxylation is 1. The Morgan fingerprint density at radius 1 is 1.31 bits per heavy atom. The van der Waals surface area contributed by atoms with E-state index in [1.807, 2.05) is 0 Å². The maximum atomic E-state index is 5.50. The number of nitrogens with two attached hydrogens (primary N) is 1. The van der Waals surface area contributed by atoms with Crippen LogP contribution in [-0.2, 0) is 6.42 Å². The van der Waals surface area contributed by atoms with Crippen molar-refractivity contribution in [1.82, 2.24) is 0 Å². The van der Waals surface area contributed by atoms with E-state index < -0.39 is 0 Å². The van der Waals surface area contributed by atoms with Gasteiger partial charge in [-0.1, -0.05) is 22.0 Å². The van der Waals surface area contributed by atoms with Crippen molar-refractivity contribution in [2.45, 2.75) is 26.7 Å². The van der Waals surface area contributed by atoms with Gasteiger partial charge in [0.1, 0.15) is 0 Å². The smallest absolute Gasteiger partial charge is 0.0207 e. The first-order chi connectivity index (χ1) is 6.16. The standard InChI is InChI=1S/C11H16BrN/c1-8-5-6-11(12)9(2)10(8)4-3-7-13/h5-6H,3-4,7,13H2,1-2H3. The van der Waals surface area contributed by atoms with Crippen LogP contribution in [0.5, 0.6) is 0 Å². The van der Waals surface area contributed by atoms with Crippen molar-refractivity contribution in [3.05, 3.63) is 33.3 Å². The predicted octanol–water partition coefficient (Wildman–Crippen LogP) is 2.96. The first-order valence-electron chi connectivity index (χ1n) is 4.61. The first-order valence-corrected chi connectivity index (χ1v) is 5.40. The van der Waals surface area contributed by atoms with E-state index in [9.17, 15) is 0 Å². The highest BCUT2D eigenvalue weighted by molar-refractivity contribution is 9.10. The Hall–Kier alpha value is -0.340. The molecular weight excluding hydrogens is 226 g/mol. The maximum absolute atomic E-state index is 5.50. The molecule has 1 aromatic carbocycles. The van der Waals surface area contributed by atoms with Crippen LogP contribution in [0.4, 0.5) is 0 Å².